The Bertz CT molecular complexity index is 537. The highest BCUT2D eigenvalue weighted by molar-refractivity contribution is 5.76. The fourth-order valence-electron chi connectivity index (χ4n) is 1.80. The van der Waals surface area contributed by atoms with Gasteiger partial charge in [-0.15, -0.1) is 5.10 Å². The molecule has 0 saturated carbocycles. The first kappa shape index (κ1) is 13.2. The fraction of sp³-hybridized carbons (Fsp3) is 0.385. The smallest absolute Gasteiger partial charge is 0.222 e. The SMILES string of the molecule is Cc1nnnn1CCC(=O)N[C@@H](C)c1ccccc1. The molecule has 0 spiro atoms. The molecule has 1 heterocycles. The highest BCUT2D eigenvalue weighted by atomic mass is 16.1. The van der Waals surface area contributed by atoms with Gasteiger partial charge in [0.2, 0.25) is 5.91 Å². The molecule has 0 bridgehead atoms. The van der Waals surface area contributed by atoms with Crippen molar-refractivity contribution < 1.29 is 4.79 Å². The summed E-state index contributed by atoms with van der Waals surface area (Å²) in [5, 5.41) is 14.1. The van der Waals surface area contributed by atoms with Gasteiger partial charge in [-0.1, -0.05) is 30.3 Å². The molecule has 1 aromatic heterocycles. The number of carbonyl (C=O) groups excluding carboxylic acids is 1. The molecule has 1 amide bonds. The molecule has 0 aliphatic rings. The van der Waals surface area contributed by atoms with E-state index in [4.69, 9.17) is 0 Å². The van der Waals surface area contributed by atoms with Crippen LogP contribution in [0.15, 0.2) is 30.3 Å². The number of hydrogen-bond donors (Lipinski definition) is 1. The first-order valence-corrected chi connectivity index (χ1v) is 6.24. The summed E-state index contributed by atoms with van der Waals surface area (Å²) < 4.78 is 1.62. The zero-order valence-electron chi connectivity index (χ0n) is 11.1. The van der Waals surface area contributed by atoms with Crippen LogP contribution in [0, 0.1) is 6.92 Å². The lowest BCUT2D eigenvalue weighted by molar-refractivity contribution is -0.122. The molecule has 2 rings (SSSR count). The molecule has 1 atom stereocenters. The summed E-state index contributed by atoms with van der Waals surface area (Å²) >= 11 is 0. The Kier molecular flexibility index (Phi) is 4.22. The molecule has 0 aliphatic heterocycles. The normalized spacial score (nSPS) is 12.1. The van der Waals surface area contributed by atoms with Gasteiger partial charge in [-0.25, -0.2) is 4.68 Å². The highest BCUT2D eigenvalue weighted by Gasteiger charge is 2.10. The van der Waals surface area contributed by atoms with Crippen LogP contribution in [-0.2, 0) is 11.3 Å². The monoisotopic (exact) mass is 259 g/mol. The maximum atomic E-state index is 11.8. The summed E-state index contributed by atoms with van der Waals surface area (Å²) in [5.41, 5.74) is 1.09. The number of benzene rings is 1. The van der Waals surface area contributed by atoms with Crippen molar-refractivity contribution in [3.05, 3.63) is 41.7 Å². The maximum absolute atomic E-state index is 11.8. The lowest BCUT2D eigenvalue weighted by Gasteiger charge is -2.14. The number of hydrogen-bond acceptors (Lipinski definition) is 4. The van der Waals surface area contributed by atoms with Crippen LogP contribution in [0.2, 0.25) is 0 Å². The molecule has 2 aromatic rings. The number of nitrogens with zero attached hydrogens (tertiary/aromatic N) is 4. The van der Waals surface area contributed by atoms with Crippen molar-refractivity contribution in [2.45, 2.75) is 32.9 Å². The van der Waals surface area contributed by atoms with Gasteiger partial charge in [0.25, 0.3) is 0 Å². The number of nitrogens with one attached hydrogen (secondary N) is 1. The third-order valence-electron chi connectivity index (χ3n) is 2.94. The largest absolute Gasteiger partial charge is 0.350 e. The van der Waals surface area contributed by atoms with Gasteiger partial charge in [0.15, 0.2) is 0 Å². The van der Waals surface area contributed by atoms with Crippen molar-refractivity contribution in [2.75, 3.05) is 0 Å². The molecule has 0 radical (unpaired) electrons. The van der Waals surface area contributed by atoms with Gasteiger partial charge in [-0.05, 0) is 29.8 Å². The number of rotatable bonds is 5. The van der Waals surface area contributed by atoms with Crippen molar-refractivity contribution in [3.8, 4) is 0 Å². The minimum absolute atomic E-state index is 0.00340. The van der Waals surface area contributed by atoms with Gasteiger partial charge in [-0.2, -0.15) is 0 Å². The van der Waals surface area contributed by atoms with E-state index in [1.165, 1.54) is 0 Å². The van der Waals surface area contributed by atoms with Gasteiger partial charge in [0.1, 0.15) is 5.82 Å². The standard InChI is InChI=1S/C13H17N5O/c1-10(12-6-4-3-5-7-12)14-13(19)8-9-18-11(2)15-16-17-18/h3-7,10H,8-9H2,1-2H3,(H,14,19)/t10-/m0/s1. The molecular weight excluding hydrogens is 242 g/mol. The molecular formula is C13H17N5O. The molecule has 6 heteroatoms. The van der Waals surface area contributed by atoms with E-state index in [1.54, 1.807) is 4.68 Å². The number of aromatic nitrogens is 4. The second kappa shape index (κ2) is 6.08. The molecule has 19 heavy (non-hydrogen) atoms. The second-order valence-electron chi connectivity index (χ2n) is 4.40. The van der Waals surface area contributed by atoms with Crippen molar-refractivity contribution in [2.24, 2.45) is 0 Å². The molecule has 0 unspecified atom stereocenters. The van der Waals surface area contributed by atoms with E-state index < -0.39 is 0 Å². The third-order valence-corrected chi connectivity index (χ3v) is 2.94. The lowest BCUT2D eigenvalue weighted by atomic mass is 10.1. The van der Waals surface area contributed by atoms with Crippen LogP contribution in [0.25, 0.3) is 0 Å². The summed E-state index contributed by atoms with van der Waals surface area (Å²) in [4.78, 5) is 11.8. The third kappa shape index (κ3) is 3.61. The lowest BCUT2D eigenvalue weighted by Crippen LogP contribution is -2.27. The molecule has 0 aliphatic carbocycles. The number of aryl methyl sites for hydroxylation is 2. The Morgan fingerprint density at radius 3 is 2.74 bits per heavy atom. The van der Waals surface area contributed by atoms with Crippen LogP contribution in [-0.4, -0.2) is 26.1 Å². The van der Waals surface area contributed by atoms with E-state index in [2.05, 4.69) is 20.8 Å². The predicted molar refractivity (Wildman–Crippen MR) is 70.2 cm³/mol. The zero-order chi connectivity index (χ0) is 13.7. The van der Waals surface area contributed by atoms with Gasteiger partial charge >= 0.3 is 0 Å². The van der Waals surface area contributed by atoms with Crippen LogP contribution >= 0.6 is 0 Å². The minimum atomic E-state index is -0.00810. The minimum Gasteiger partial charge on any atom is -0.350 e. The Hall–Kier alpha value is -2.24. The van der Waals surface area contributed by atoms with Crippen molar-refractivity contribution >= 4 is 5.91 Å². The van der Waals surface area contributed by atoms with Crippen LogP contribution in [0.4, 0.5) is 0 Å². The maximum Gasteiger partial charge on any atom is 0.222 e. The zero-order valence-corrected chi connectivity index (χ0v) is 11.1. The van der Waals surface area contributed by atoms with Crippen LogP contribution in [0.3, 0.4) is 0 Å². The van der Waals surface area contributed by atoms with Gasteiger partial charge < -0.3 is 5.32 Å². The summed E-state index contributed by atoms with van der Waals surface area (Å²) in [6.45, 7) is 4.27. The van der Waals surface area contributed by atoms with E-state index in [-0.39, 0.29) is 11.9 Å². The average Bonchev–Trinajstić information content (AvgIpc) is 2.83. The van der Waals surface area contributed by atoms with Gasteiger partial charge in [0.05, 0.1) is 12.6 Å². The molecule has 100 valence electrons. The van der Waals surface area contributed by atoms with Crippen LogP contribution < -0.4 is 5.32 Å². The van der Waals surface area contributed by atoms with E-state index in [0.717, 1.165) is 5.56 Å². The number of amides is 1. The Morgan fingerprint density at radius 1 is 1.37 bits per heavy atom. The quantitative estimate of drug-likeness (QED) is 0.877. The highest BCUT2D eigenvalue weighted by Crippen LogP contribution is 2.11. The summed E-state index contributed by atoms with van der Waals surface area (Å²) in [7, 11) is 0. The van der Waals surface area contributed by atoms with Gasteiger partial charge in [0, 0.05) is 6.42 Å². The molecule has 1 aromatic carbocycles. The predicted octanol–water partition coefficient (Wildman–Crippen LogP) is 1.25. The topological polar surface area (TPSA) is 72.7 Å². The molecule has 6 nitrogen and oxygen atoms in total. The molecule has 0 fully saturated rings. The van der Waals surface area contributed by atoms with Crippen molar-refractivity contribution in [1.82, 2.24) is 25.5 Å². The molecule has 1 N–H and O–H groups in total. The molecule has 0 saturated heterocycles. The van der Waals surface area contributed by atoms with E-state index in [1.807, 2.05) is 44.2 Å². The van der Waals surface area contributed by atoms with Crippen molar-refractivity contribution in [1.29, 1.82) is 0 Å². The number of carbonyl (C=O) groups is 1. The fourth-order valence-corrected chi connectivity index (χ4v) is 1.80. The number of tetrazole rings is 1. The van der Waals surface area contributed by atoms with Crippen LogP contribution in [0.5, 0.6) is 0 Å². The Labute approximate surface area is 111 Å². The second-order valence-corrected chi connectivity index (χ2v) is 4.40. The van der Waals surface area contributed by atoms with E-state index in [0.29, 0.717) is 18.8 Å². The Morgan fingerprint density at radius 2 is 2.11 bits per heavy atom. The van der Waals surface area contributed by atoms with Crippen molar-refractivity contribution in [3.63, 3.8) is 0 Å². The summed E-state index contributed by atoms with van der Waals surface area (Å²) in [5.74, 6) is 0.704. The summed E-state index contributed by atoms with van der Waals surface area (Å²) in [6.07, 6.45) is 0.364. The van der Waals surface area contributed by atoms with E-state index in [9.17, 15) is 4.79 Å². The average molecular weight is 259 g/mol. The van der Waals surface area contributed by atoms with Gasteiger partial charge in [-0.3, -0.25) is 4.79 Å². The van der Waals surface area contributed by atoms with Crippen LogP contribution in [0.1, 0.15) is 30.8 Å². The van der Waals surface area contributed by atoms with E-state index >= 15 is 0 Å². The first-order valence-electron chi connectivity index (χ1n) is 6.24. The Balaban J connectivity index is 1.83. The summed E-state index contributed by atoms with van der Waals surface area (Å²) in [6, 6.07) is 9.87. The first-order chi connectivity index (χ1) is 9.16.